The van der Waals surface area contributed by atoms with Gasteiger partial charge >= 0.3 is 0 Å². The smallest absolute Gasteiger partial charge is 0.0739 e. The minimum atomic E-state index is 0. The van der Waals surface area contributed by atoms with E-state index in [2.05, 4.69) is 12.7 Å². The van der Waals surface area contributed by atoms with Crippen molar-refractivity contribution in [3.05, 3.63) is 0 Å². The Hall–Kier alpha value is -0.160. The molecule has 0 aliphatic rings. The molecule has 4 nitrogen and oxygen atoms in total. The van der Waals surface area contributed by atoms with Crippen LogP contribution in [0.4, 0.5) is 0 Å². The molecular weight excluding hydrogens is 110 g/mol. The van der Waals surface area contributed by atoms with Gasteiger partial charge in [0.1, 0.15) is 0 Å². The first-order chi connectivity index (χ1) is 2.41. The van der Waals surface area contributed by atoms with E-state index in [0.717, 1.165) is 6.54 Å². The molecule has 0 fully saturated rings. The summed E-state index contributed by atoms with van der Waals surface area (Å²) in [7, 11) is 0. The van der Waals surface area contributed by atoms with Crippen LogP contribution in [-0.2, 0) is 0 Å². The molecule has 0 saturated carbocycles. The quantitative estimate of drug-likeness (QED) is 0.424. The van der Waals surface area contributed by atoms with Crippen LogP contribution in [0.1, 0.15) is 19.8 Å². The zero-order valence-corrected chi connectivity index (χ0v) is 5.33. The molecule has 0 radical (unpaired) electrons. The van der Waals surface area contributed by atoms with E-state index in [0.29, 0.717) is 0 Å². The summed E-state index contributed by atoms with van der Waals surface area (Å²) in [6, 6.07) is 0. The van der Waals surface area contributed by atoms with Crippen molar-refractivity contribution in [1.29, 1.82) is 0 Å². The van der Waals surface area contributed by atoms with Crippen LogP contribution in [0.25, 0.3) is 0 Å². The molecule has 0 aromatic rings. The zero-order chi connectivity index (χ0) is 4.12. The van der Waals surface area contributed by atoms with Crippen molar-refractivity contribution in [3.8, 4) is 0 Å². The lowest BCUT2D eigenvalue weighted by molar-refractivity contribution is -0.368. The Morgan fingerprint density at radius 1 is 1.12 bits per heavy atom. The SMILES string of the molecule is CCCC[NH3+].O.O.O. The monoisotopic (exact) mass is 128 g/mol. The predicted molar refractivity (Wildman–Crippen MR) is 33.5 cm³/mol. The molecule has 56 valence electrons. The van der Waals surface area contributed by atoms with E-state index in [1.54, 1.807) is 0 Å². The molecule has 0 aliphatic carbocycles. The van der Waals surface area contributed by atoms with Gasteiger partial charge in [-0.15, -0.1) is 0 Å². The number of hydrogen-bond acceptors (Lipinski definition) is 0. The van der Waals surface area contributed by atoms with Gasteiger partial charge in [0, 0.05) is 0 Å². The van der Waals surface area contributed by atoms with E-state index in [-0.39, 0.29) is 16.4 Å². The van der Waals surface area contributed by atoms with Crippen molar-refractivity contribution < 1.29 is 22.2 Å². The van der Waals surface area contributed by atoms with Crippen LogP contribution < -0.4 is 5.73 Å². The highest BCUT2D eigenvalue weighted by atomic mass is 16.0. The maximum absolute atomic E-state index is 3.68. The summed E-state index contributed by atoms with van der Waals surface area (Å²) in [4.78, 5) is 0. The van der Waals surface area contributed by atoms with Crippen molar-refractivity contribution in [1.82, 2.24) is 0 Å². The number of rotatable bonds is 2. The number of quaternary nitrogens is 1. The molecule has 0 spiro atoms. The topological polar surface area (TPSA) is 122 Å². The standard InChI is InChI=1S/C4H11N.3H2O/c1-2-3-4-5;;;/h2-5H2,1H3;3*1H2/p+1. The minimum Gasteiger partial charge on any atom is -0.412 e. The van der Waals surface area contributed by atoms with Gasteiger partial charge in [-0.05, 0) is 6.42 Å². The third-order valence-corrected chi connectivity index (χ3v) is 0.604. The largest absolute Gasteiger partial charge is 0.412 e. The molecule has 0 aromatic heterocycles. The van der Waals surface area contributed by atoms with Gasteiger partial charge in [-0.3, -0.25) is 0 Å². The molecule has 0 saturated heterocycles. The predicted octanol–water partition coefficient (Wildman–Crippen LogP) is -2.45. The molecule has 8 heavy (non-hydrogen) atoms. The highest BCUT2D eigenvalue weighted by Crippen LogP contribution is 1.75. The van der Waals surface area contributed by atoms with Gasteiger partial charge in [0.05, 0.1) is 6.54 Å². The second kappa shape index (κ2) is 28.9. The number of hydrogen-bond donors (Lipinski definition) is 1. The van der Waals surface area contributed by atoms with Crippen molar-refractivity contribution in [2.45, 2.75) is 19.8 Å². The van der Waals surface area contributed by atoms with Crippen molar-refractivity contribution >= 4 is 0 Å². The Kier molecular flexibility index (Phi) is 89.9. The van der Waals surface area contributed by atoms with Gasteiger partial charge in [0.15, 0.2) is 0 Å². The summed E-state index contributed by atoms with van der Waals surface area (Å²) in [5.41, 5.74) is 3.68. The van der Waals surface area contributed by atoms with Gasteiger partial charge in [0.2, 0.25) is 0 Å². The van der Waals surface area contributed by atoms with Crippen LogP contribution in [0.5, 0.6) is 0 Å². The minimum absolute atomic E-state index is 0. The Bertz CT molecular complexity index is 18.8. The second-order valence-corrected chi connectivity index (χ2v) is 1.21. The fraction of sp³-hybridized carbons (Fsp3) is 1.00. The van der Waals surface area contributed by atoms with E-state index in [9.17, 15) is 0 Å². The Morgan fingerprint density at radius 3 is 1.50 bits per heavy atom. The lowest BCUT2D eigenvalue weighted by atomic mass is 10.3. The molecule has 0 aliphatic heterocycles. The van der Waals surface area contributed by atoms with Crippen LogP contribution in [-0.4, -0.2) is 23.0 Å². The van der Waals surface area contributed by atoms with E-state index in [1.165, 1.54) is 12.8 Å². The van der Waals surface area contributed by atoms with Crippen molar-refractivity contribution in [2.24, 2.45) is 0 Å². The van der Waals surface area contributed by atoms with Crippen LogP contribution >= 0.6 is 0 Å². The average molecular weight is 128 g/mol. The Labute approximate surface area is 49.6 Å². The highest BCUT2D eigenvalue weighted by molar-refractivity contribution is 4.21. The second-order valence-electron chi connectivity index (χ2n) is 1.21. The molecule has 4 heteroatoms. The van der Waals surface area contributed by atoms with E-state index >= 15 is 0 Å². The van der Waals surface area contributed by atoms with Crippen LogP contribution in [0.15, 0.2) is 0 Å². The van der Waals surface area contributed by atoms with Crippen LogP contribution in [0.2, 0.25) is 0 Å². The van der Waals surface area contributed by atoms with Crippen LogP contribution in [0, 0.1) is 0 Å². The Balaban J connectivity index is -0.0000000267. The lowest BCUT2D eigenvalue weighted by Crippen LogP contribution is -2.49. The van der Waals surface area contributed by atoms with Gasteiger partial charge in [-0.25, -0.2) is 0 Å². The van der Waals surface area contributed by atoms with E-state index in [1.807, 2.05) is 0 Å². The molecule has 9 N–H and O–H groups in total. The lowest BCUT2D eigenvalue weighted by Gasteiger charge is -1.77. The summed E-state index contributed by atoms with van der Waals surface area (Å²) < 4.78 is 0. The fourth-order valence-electron chi connectivity index (χ4n) is 0.250. The normalized spacial score (nSPS) is 5.25. The molecule has 0 heterocycles. The summed E-state index contributed by atoms with van der Waals surface area (Å²) in [6.07, 6.45) is 2.56. The zero-order valence-electron chi connectivity index (χ0n) is 5.33. The molecule has 0 rings (SSSR count). The molecule has 0 amide bonds. The first-order valence-electron chi connectivity index (χ1n) is 2.21. The average Bonchev–Trinajstić information content (AvgIpc) is 1.41. The maximum Gasteiger partial charge on any atom is 0.0739 e. The van der Waals surface area contributed by atoms with Gasteiger partial charge in [-0.2, -0.15) is 0 Å². The third kappa shape index (κ3) is 40.4. The first kappa shape index (κ1) is 24.9. The first-order valence-corrected chi connectivity index (χ1v) is 2.21. The summed E-state index contributed by atoms with van der Waals surface area (Å²) in [6.45, 7) is 3.27. The van der Waals surface area contributed by atoms with Crippen LogP contribution in [0.3, 0.4) is 0 Å². The summed E-state index contributed by atoms with van der Waals surface area (Å²) in [5, 5.41) is 0. The van der Waals surface area contributed by atoms with Gasteiger partial charge in [0.25, 0.3) is 0 Å². The third-order valence-electron chi connectivity index (χ3n) is 0.604. The van der Waals surface area contributed by atoms with Gasteiger partial charge < -0.3 is 22.2 Å². The fourth-order valence-corrected chi connectivity index (χ4v) is 0.250. The maximum atomic E-state index is 3.68. The molecule has 0 bridgehead atoms. The molecular formula is C4H18NO3+. The van der Waals surface area contributed by atoms with Gasteiger partial charge in [-0.1, -0.05) is 13.3 Å². The molecule has 0 aromatic carbocycles. The molecule has 0 unspecified atom stereocenters. The summed E-state index contributed by atoms with van der Waals surface area (Å²) in [5.74, 6) is 0. The highest BCUT2D eigenvalue weighted by Gasteiger charge is 1.71. The van der Waals surface area contributed by atoms with Crippen molar-refractivity contribution in [3.63, 3.8) is 0 Å². The Morgan fingerprint density at radius 2 is 1.50 bits per heavy atom. The van der Waals surface area contributed by atoms with Crippen molar-refractivity contribution in [2.75, 3.05) is 6.54 Å². The number of unbranched alkanes of at least 4 members (excludes halogenated alkanes) is 1. The van der Waals surface area contributed by atoms with E-state index < -0.39 is 0 Å². The molecule has 0 atom stereocenters. The summed E-state index contributed by atoms with van der Waals surface area (Å²) >= 11 is 0. The van der Waals surface area contributed by atoms with E-state index in [4.69, 9.17) is 0 Å².